The van der Waals surface area contributed by atoms with Gasteiger partial charge in [-0.25, -0.2) is 0 Å². The fourth-order valence-electron chi connectivity index (χ4n) is 7.91. The highest BCUT2D eigenvalue weighted by Crippen LogP contribution is 2.41. The van der Waals surface area contributed by atoms with Crippen LogP contribution in [0.3, 0.4) is 0 Å². The lowest BCUT2D eigenvalue weighted by Gasteiger charge is -2.27. The number of hydrogen-bond acceptors (Lipinski definition) is 3. The van der Waals surface area contributed by atoms with Crippen LogP contribution in [0.1, 0.15) is 167 Å². The minimum atomic E-state index is -0.182. The fourth-order valence-corrected chi connectivity index (χ4v) is 7.91. The summed E-state index contributed by atoms with van der Waals surface area (Å²) < 4.78 is 0. The van der Waals surface area contributed by atoms with Gasteiger partial charge in [-0.2, -0.15) is 0 Å². The van der Waals surface area contributed by atoms with Crippen LogP contribution in [-0.2, 0) is 54.8 Å². The molecule has 0 heterocycles. The second kappa shape index (κ2) is 14.7. The van der Waals surface area contributed by atoms with Crippen LogP contribution in [0.5, 0.6) is 17.2 Å². The summed E-state index contributed by atoms with van der Waals surface area (Å²) in [5.41, 5.74) is 17.1. The molecule has 3 heteroatoms. The number of hydrogen-bond donors (Lipinski definition) is 3. The second-order valence-electron chi connectivity index (χ2n) is 18.1. The fraction of sp³-hybridized carbons (Fsp3) is 0.500. The van der Waals surface area contributed by atoms with Gasteiger partial charge in [0.1, 0.15) is 17.2 Å². The van der Waals surface area contributed by atoms with E-state index in [2.05, 4.69) is 140 Å². The van der Waals surface area contributed by atoms with Crippen LogP contribution < -0.4 is 0 Å². The van der Waals surface area contributed by atoms with Gasteiger partial charge in [-0.1, -0.05) is 119 Å². The third-order valence-corrected chi connectivity index (χ3v) is 11.2. The lowest BCUT2D eigenvalue weighted by atomic mass is 9.78. The Morgan fingerprint density at radius 2 is 0.608 bits per heavy atom. The van der Waals surface area contributed by atoms with Gasteiger partial charge in [-0.15, -0.1) is 0 Å². The monoisotopic (exact) mass is 691 g/mol. The Bertz CT molecular complexity index is 1680. The highest BCUT2D eigenvalue weighted by atomic mass is 16.3. The summed E-state index contributed by atoms with van der Waals surface area (Å²) in [6.45, 7) is 32.8. The predicted molar refractivity (Wildman–Crippen MR) is 218 cm³/mol. The molecule has 0 saturated heterocycles. The molecule has 0 radical (unpaired) electrons. The van der Waals surface area contributed by atoms with Gasteiger partial charge < -0.3 is 15.3 Å². The molecule has 0 amide bonds. The van der Waals surface area contributed by atoms with Gasteiger partial charge in [0.25, 0.3) is 0 Å². The van der Waals surface area contributed by atoms with Crippen molar-refractivity contribution < 1.29 is 15.3 Å². The molecule has 0 bridgehead atoms. The Morgan fingerprint density at radius 1 is 0.392 bits per heavy atom. The summed E-state index contributed by atoms with van der Waals surface area (Å²) in [6, 6.07) is 13.3. The normalized spacial score (nSPS) is 12.5. The maximum absolute atomic E-state index is 11.2. The van der Waals surface area contributed by atoms with E-state index in [1.807, 2.05) is 0 Å². The van der Waals surface area contributed by atoms with E-state index in [-0.39, 0.29) is 16.2 Å². The summed E-state index contributed by atoms with van der Waals surface area (Å²) >= 11 is 0. The quantitative estimate of drug-likeness (QED) is 0.164. The summed E-state index contributed by atoms with van der Waals surface area (Å²) in [6.07, 6.45) is 4.66. The molecule has 0 aliphatic carbocycles. The predicted octanol–water partition coefficient (Wildman–Crippen LogP) is 12.1. The molecule has 276 valence electrons. The van der Waals surface area contributed by atoms with Crippen LogP contribution in [0.2, 0.25) is 0 Å². The second-order valence-corrected chi connectivity index (χ2v) is 18.1. The molecule has 0 spiro atoms. The minimum absolute atomic E-state index is 0.182. The lowest BCUT2D eigenvalue weighted by Crippen LogP contribution is -2.15. The molecule has 0 saturated carbocycles. The van der Waals surface area contributed by atoms with E-state index in [4.69, 9.17) is 0 Å². The van der Waals surface area contributed by atoms with Crippen molar-refractivity contribution in [1.29, 1.82) is 0 Å². The summed E-state index contributed by atoms with van der Waals surface area (Å²) in [4.78, 5) is 0. The molecule has 0 atom stereocenters. The van der Waals surface area contributed by atoms with Crippen molar-refractivity contribution in [2.45, 2.75) is 159 Å². The van der Waals surface area contributed by atoms with E-state index < -0.39 is 0 Å². The SMILES string of the molecule is CCc1cc(Cc2c(C)c(Cc3cc(CC)c(O)c(C(C)(C)C)c3)c(C)c(Cc3cc(CC)c(O)c(C(C)(C)C)c3)c2C)cc(C(C)(C)C)c1O. The third kappa shape index (κ3) is 8.34. The molecule has 4 aromatic carbocycles. The Kier molecular flexibility index (Phi) is 11.6. The van der Waals surface area contributed by atoms with Crippen LogP contribution in [0.25, 0.3) is 0 Å². The molecule has 4 aromatic rings. The average molecular weight is 691 g/mol. The van der Waals surface area contributed by atoms with Gasteiger partial charge in [-0.3, -0.25) is 0 Å². The number of aromatic hydroxyl groups is 3. The number of benzene rings is 4. The molecule has 3 N–H and O–H groups in total. The molecule has 51 heavy (non-hydrogen) atoms. The lowest BCUT2D eigenvalue weighted by molar-refractivity contribution is 0.440. The molecule has 3 nitrogen and oxygen atoms in total. The van der Waals surface area contributed by atoms with Gasteiger partial charge in [0, 0.05) is 0 Å². The number of phenolic OH excluding ortho intramolecular Hbond substituents is 3. The van der Waals surface area contributed by atoms with E-state index in [1.54, 1.807) is 0 Å². The molecule has 4 rings (SSSR count). The topological polar surface area (TPSA) is 60.7 Å². The van der Waals surface area contributed by atoms with Crippen LogP contribution in [0.4, 0.5) is 0 Å². The number of aryl methyl sites for hydroxylation is 3. The molecular weight excluding hydrogens is 625 g/mol. The maximum Gasteiger partial charge on any atom is 0.122 e. The zero-order valence-corrected chi connectivity index (χ0v) is 34.5. The summed E-state index contributed by atoms with van der Waals surface area (Å²) in [5.74, 6) is 1.28. The number of phenols is 3. The molecule has 0 aromatic heterocycles. The van der Waals surface area contributed by atoms with Crippen LogP contribution >= 0.6 is 0 Å². The molecule has 0 aliphatic rings. The standard InChI is InChI=1S/C48H66O3/c1-16-34-19-31(25-40(43(34)49)46(7,8)9)22-37-28(4)38(23-32-20-35(17-2)44(50)41(26-32)47(10,11)12)30(6)39(29(37)5)24-33-21-36(18-3)45(51)42(27-33)48(13,14)15/h19-21,25-27,49-51H,16-18,22-24H2,1-15H3. The molecule has 0 fully saturated rings. The van der Waals surface area contributed by atoms with E-state index in [1.165, 1.54) is 50.1 Å². The van der Waals surface area contributed by atoms with Gasteiger partial charge >= 0.3 is 0 Å². The molecular formula is C48H66O3. The summed E-state index contributed by atoms with van der Waals surface area (Å²) in [5, 5.41) is 33.7. The number of rotatable bonds is 9. The van der Waals surface area contributed by atoms with Crippen molar-refractivity contribution in [1.82, 2.24) is 0 Å². The first-order valence-electron chi connectivity index (χ1n) is 19.2. The van der Waals surface area contributed by atoms with Gasteiger partial charge in [0.05, 0.1) is 0 Å². The Balaban J connectivity index is 2.01. The van der Waals surface area contributed by atoms with Gasteiger partial charge in [0.15, 0.2) is 0 Å². The smallest absolute Gasteiger partial charge is 0.122 e. The Labute approximate surface area is 310 Å². The average Bonchev–Trinajstić information content (AvgIpc) is 3.03. The third-order valence-electron chi connectivity index (χ3n) is 11.2. The Hall–Kier alpha value is -3.72. The van der Waals surface area contributed by atoms with Crippen molar-refractivity contribution in [2.75, 3.05) is 0 Å². The molecule has 0 aliphatic heterocycles. The van der Waals surface area contributed by atoms with E-state index >= 15 is 0 Å². The highest BCUT2D eigenvalue weighted by molar-refractivity contribution is 5.58. The minimum Gasteiger partial charge on any atom is -0.507 e. The first-order chi connectivity index (χ1) is 23.5. The first kappa shape index (κ1) is 40.1. The first-order valence-corrected chi connectivity index (χ1v) is 19.2. The van der Waals surface area contributed by atoms with E-state index in [9.17, 15) is 15.3 Å². The van der Waals surface area contributed by atoms with Gasteiger partial charge in [-0.05, 0) is 159 Å². The maximum atomic E-state index is 11.2. The van der Waals surface area contributed by atoms with Crippen molar-refractivity contribution in [3.63, 3.8) is 0 Å². The Morgan fingerprint density at radius 3 is 0.784 bits per heavy atom. The van der Waals surface area contributed by atoms with Crippen molar-refractivity contribution in [3.8, 4) is 17.2 Å². The van der Waals surface area contributed by atoms with E-state index in [0.29, 0.717) is 17.2 Å². The van der Waals surface area contributed by atoms with Gasteiger partial charge in [0.2, 0.25) is 0 Å². The zero-order chi connectivity index (χ0) is 38.4. The molecule has 0 unspecified atom stereocenters. The van der Waals surface area contributed by atoms with Crippen LogP contribution in [0, 0.1) is 20.8 Å². The summed E-state index contributed by atoms with van der Waals surface area (Å²) in [7, 11) is 0. The van der Waals surface area contributed by atoms with E-state index in [0.717, 1.165) is 71.9 Å². The zero-order valence-electron chi connectivity index (χ0n) is 34.5. The van der Waals surface area contributed by atoms with Crippen LogP contribution in [-0.4, -0.2) is 15.3 Å². The van der Waals surface area contributed by atoms with Crippen molar-refractivity contribution >= 4 is 0 Å². The highest BCUT2D eigenvalue weighted by Gasteiger charge is 2.26. The van der Waals surface area contributed by atoms with Crippen molar-refractivity contribution in [2.24, 2.45) is 0 Å². The van der Waals surface area contributed by atoms with Crippen LogP contribution in [0.15, 0.2) is 36.4 Å². The van der Waals surface area contributed by atoms with Crippen molar-refractivity contribution in [3.05, 3.63) is 120 Å². The largest absolute Gasteiger partial charge is 0.507 e.